The van der Waals surface area contributed by atoms with Gasteiger partial charge < -0.3 is 10.5 Å². The summed E-state index contributed by atoms with van der Waals surface area (Å²) in [5.74, 6) is -0.713. The molecule has 2 aromatic rings. The Kier molecular flexibility index (Phi) is 5.46. The van der Waals surface area contributed by atoms with Crippen LogP contribution in [0.1, 0.15) is 11.1 Å². The average molecular weight is 287 g/mol. The van der Waals surface area contributed by atoms with E-state index in [9.17, 15) is 9.18 Å². The van der Waals surface area contributed by atoms with Crippen LogP contribution in [0.25, 0.3) is 0 Å². The molecule has 4 heteroatoms. The predicted molar refractivity (Wildman–Crippen MR) is 79.2 cm³/mol. The fraction of sp³-hybridized carbons (Fsp3) is 0.235. The molecular weight excluding hydrogens is 269 g/mol. The molecule has 110 valence electrons. The number of ether oxygens (including phenoxy) is 1. The van der Waals surface area contributed by atoms with E-state index in [2.05, 4.69) is 0 Å². The number of carbonyl (C=O) groups excluding carboxylic acids is 1. The summed E-state index contributed by atoms with van der Waals surface area (Å²) in [4.78, 5) is 11.4. The highest BCUT2D eigenvalue weighted by molar-refractivity contribution is 5.71. The average Bonchev–Trinajstić information content (AvgIpc) is 2.50. The Bertz CT molecular complexity index is 569. The standard InChI is InChI=1S/C17H18FNO2/c18-15-8-6-14(7-9-15)11-16(21-17(20)12-19)10-13-4-2-1-3-5-13/h1-9,16H,10-12,19H2. The normalized spacial score (nSPS) is 11.9. The molecule has 0 saturated heterocycles. The second kappa shape index (κ2) is 7.55. The molecular formula is C17H18FNO2. The quantitative estimate of drug-likeness (QED) is 0.830. The minimum absolute atomic E-state index is 0.144. The molecule has 1 atom stereocenters. The van der Waals surface area contributed by atoms with Crippen molar-refractivity contribution < 1.29 is 13.9 Å². The van der Waals surface area contributed by atoms with Crippen LogP contribution in [0, 0.1) is 5.82 Å². The van der Waals surface area contributed by atoms with E-state index in [0.717, 1.165) is 11.1 Å². The number of hydrogen-bond donors (Lipinski definition) is 1. The number of carbonyl (C=O) groups is 1. The van der Waals surface area contributed by atoms with Crippen molar-refractivity contribution in [2.45, 2.75) is 18.9 Å². The van der Waals surface area contributed by atoms with Gasteiger partial charge >= 0.3 is 5.97 Å². The van der Waals surface area contributed by atoms with E-state index in [-0.39, 0.29) is 18.5 Å². The Hall–Kier alpha value is -2.20. The highest BCUT2D eigenvalue weighted by Gasteiger charge is 2.15. The van der Waals surface area contributed by atoms with Crippen LogP contribution in [0.5, 0.6) is 0 Å². The summed E-state index contributed by atoms with van der Waals surface area (Å²) < 4.78 is 18.3. The number of hydrogen-bond acceptors (Lipinski definition) is 3. The Labute approximate surface area is 123 Å². The van der Waals surface area contributed by atoms with E-state index >= 15 is 0 Å². The van der Waals surface area contributed by atoms with Gasteiger partial charge in [-0.05, 0) is 23.3 Å². The lowest BCUT2D eigenvalue weighted by Crippen LogP contribution is -2.27. The van der Waals surface area contributed by atoms with Crippen molar-refractivity contribution >= 4 is 5.97 Å². The van der Waals surface area contributed by atoms with E-state index in [1.165, 1.54) is 12.1 Å². The molecule has 0 bridgehead atoms. The van der Waals surface area contributed by atoms with Crippen LogP contribution < -0.4 is 5.73 Å². The van der Waals surface area contributed by atoms with E-state index in [1.807, 2.05) is 30.3 Å². The van der Waals surface area contributed by atoms with Crippen LogP contribution in [0.15, 0.2) is 54.6 Å². The van der Waals surface area contributed by atoms with Crippen LogP contribution in [0.3, 0.4) is 0 Å². The first-order valence-electron chi connectivity index (χ1n) is 6.85. The largest absolute Gasteiger partial charge is 0.461 e. The van der Waals surface area contributed by atoms with Crippen LogP contribution in [-0.2, 0) is 22.4 Å². The molecule has 2 aromatic carbocycles. The fourth-order valence-corrected chi connectivity index (χ4v) is 2.15. The van der Waals surface area contributed by atoms with Gasteiger partial charge in [0.05, 0.1) is 6.54 Å². The van der Waals surface area contributed by atoms with Gasteiger partial charge in [-0.25, -0.2) is 4.39 Å². The molecule has 0 fully saturated rings. The maximum atomic E-state index is 12.9. The third kappa shape index (κ3) is 5.00. The molecule has 0 heterocycles. The molecule has 0 spiro atoms. The molecule has 0 radical (unpaired) electrons. The minimum atomic E-state index is -0.432. The summed E-state index contributed by atoms with van der Waals surface area (Å²) in [7, 11) is 0. The van der Waals surface area contributed by atoms with E-state index in [0.29, 0.717) is 12.8 Å². The summed E-state index contributed by atoms with van der Waals surface area (Å²) in [5, 5.41) is 0. The summed E-state index contributed by atoms with van der Waals surface area (Å²) in [6.07, 6.45) is 0.819. The van der Waals surface area contributed by atoms with Crippen LogP contribution in [-0.4, -0.2) is 18.6 Å². The van der Waals surface area contributed by atoms with Gasteiger partial charge in [0, 0.05) is 12.8 Å². The molecule has 1 unspecified atom stereocenters. The van der Waals surface area contributed by atoms with Gasteiger partial charge in [-0.3, -0.25) is 4.79 Å². The van der Waals surface area contributed by atoms with E-state index < -0.39 is 5.97 Å². The van der Waals surface area contributed by atoms with Gasteiger partial charge in [-0.15, -0.1) is 0 Å². The smallest absolute Gasteiger partial charge is 0.319 e. The zero-order chi connectivity index (χ0) is 15.1. The SMILES string of the molecule is NCC(=O)OC(Cc1ccccc1)Cc1ccc(F)cc1. The maximum absolute atomic E-state index is 12.9. The van der Waals surface area contributed by atoms with Crippen molar-refractivity contribution in [2.75, 3.05) is 6.54 Å². The maximum Gasteiger partial charge on any atom is 0.319 e. The van der Waals surface area contributed by atoms with Gasteiger partial charge in [0.2, 0.25) is 0 Å². The first-order chi connectivity index (χ1) is 10.2. The number of benzene rings is 2. The molecule has 21 heavy (non-hydrogen) atoms. The zero-order valence-electron chi connectivity index (χ0n) is 11.7. The molecule has 0 aliphatic carbocycles. The summed E-state index contributed by atoms with van der Waals surface area (Å²) >= 11 is 0. The van der Waals surface area contributed by atoms with E-state index in [4.69, 9.17) is 10.5 Å². The number of rotatable bonds is 6. The molecule has 0 aliphatic heterocycles. The first-order valence-corrected chi connectivity index (χ1v) is 6.85. The Morgan fingerprint density at radius 2 is 1.57 bits per heavy atom. The highest BCUT2D eigenvalue weighted by Crippen LogP contribution is 2.13. The molecule has 0 amide bonds. The first kappa shape index (κ1) is 15.2. The summed E-state index contributed by atoms with van der Waals surface area (Å²) in [6.45, 7) is -0.144. The van der Waals surface area contributed by atoms with Crippen LogP contribution in [0.4, 0.5) is 4.39 Å². The van der Waals surface area contributed by atoms with Crippen molar-refractivity contribution in [1.29, 1.82) is 0 Å². The van der Waals surface area contributed by atoms with Crippen molar-refractivity contribution in [3.05, 3.63) is 71.5 Å². The monoisotopic (exact) mass is 287 g/mol. The molecule has 3 nitrogen and oxygen atoms in total. The highest BCUT2D eigenvalue weighted by atomic mass is 19.1. The van der Waals surface area contributed by atoms with Gasteiger partial charge in [0.1, 0.15) is 11.9 Å². The third-order valence-electron chi connectivity index (χ3n) is 3.15. The Morgan fingerprint density at radius 3 is 2.14 bits per heavy atom. The Balaban J connectivity index is 2.07. The van der Waals surface area contributed by atoms with Crippen LogP contribution >= 0.6 is 0 Å². The van der Waals surface area contributed by atoms with Crippen molar-refractivity contribution in [2.24, 2.45) is 5.73 Å². The molecule has 2 rings (SSSR count). The Morgan fingerprint density at radius 1 is 1.00 bits per heavy atom. The second-order valence-electron chi connectivity index (χ2n) is 4.84. The molecule has 2 N–H and O–H groups in total. The van der Waals surface area contributed by atoms with E-state index in [1.54, 1.807) is 12.1 Å². The van der Waals surface area contributed by atoms with Crippen molar-refractivity contribution in [3.63, 3.8) is 0 Å². The molecule has 0 aliphatic rings. The van der Waals surface area contributed by atoms with Crippen molar-refractivity contribution in [3.8, 4) is 0 Å². The fourth-order valence-electron chi connectivity index (χ4n) is 2.15. The number of nitrogens with two attached hydrogens (primary N) is 1. The third-order valence-corrected chi connectivity index (χ3v) is 3.15. The van der Waals surface area contributed by atoms with Gasteiger partial charge in [0.15, 0.2) is 0 Å². The molecule has 0 aromatic heterocycles. The van der Waals surface area contributed by atoms with Crippen LogP contribution in [0.2, 0.25) is 0 Å². The number of halogens is 1. The lowest BCUT2D eigenvalue weighted by atomic mass is 10.0. The summed E-state index contributed by atoms with van der Waals surface area (Å²) in [5.41, 5.74) is 7.30. The topological polar surface area (TPSA) is 52.3 Å². The second-order valence-corrected chi connectivity index (χ2v) is 4.84. The predicted octanol–water partition coefficient (Wildman–Crippen LogP) is 2.48. The summed E-state index contributed by atoms with van der Waals surface area (Å²) in [6, 6.07) is 16.0. The lowest BCUT2D eigenvalue weighted by molar-refractivity contribution is -0.147. The molecule has 0 saturated carbocycles. The lowest BCUT2D eigenvalue weighted by Gasteiger charge is -2.18. The minimum Gasteiger partial charge on any atom is -0.461 e. The number of esters is 1. The van der Waals surface area contributed by atoms with Gasteiger partial charge in [0.25, 0.3) is 0 Å². The van der Waals surface area contributed by atoms with Gasteiger partial charge in [-0.1, -0.05) is 42.5 Å². The zero-order valence-corrected chi connectivity index (χ0v) is 11.7. The van der Waals surface area contributed by atoms with Gasteiger partial charge in [-0.2, -0.15) is 0 Å². The van der Waals surface area contributed by atoms with Crippen molar-refractivity contribution in [1.82, 2.24) is 0 Å².